The first kappa shape index (κ1) is 24.9. The van der Waals surface area contributed by atoms with E-state index in [0.717, 1.165) is 0 Å². The quantitative estimate of drug-likeness (QED) is 0.304. The van der Waals surface area contributed by atoms with Crippen LogP contribution >= 0.6 is 11.8 Å². The first-order valence-electron chi connectivity index (χ1n) is 10.4. The Morgan fingerprint density at radius 3 is 2.26 bits per heavy atom. The molecule has 4 amide bonds. The van der Waals surface area contributed by atoms with E-state index in [1.165, 1.54) is 21.6 Å². The summed E-state index contributed by atoms with van der Waals surface area (Å²) in [6.07, 6.45) is 4.40. The highest BCUT2D eigenvalue weighted by Crippen LogP contribution is 2.18. The molecule has 5 N–H and O–H groups in total. The molecule has 0 aromatic heterocycles. The molecule has 0 spiro atoms. The van der Waals surface area contributed by atoms with Crippen LogP contribution in [0.2, 0.25) is 0 Å². The molecule has 0 radical (unpaired) electrons. The third-order valence-corrected chi connectivity index (χ3v) is 6.21. The lowest BCUT2D eigenvalue weighted by Crippen LogP contribution is -2.55. The van der Waals surface area contributed by atoms with Gasteiger partial charge in [0.15, 0.2) is 0 Å². The standard InChI is InChI=1S/C19H31N5O6S/c1-31-9-6-12(22-18(28)13-4-2-7-23(13)15(25)10-20)17(27)21-11-16(26)24-8-3-5-14(24)19(29)30/h12-14H,2-11,20H2,1H3,(H,21,27)(H,22,28)(H,29,30)/t12-,13-,14-/m0/s1. The van der Waals surface area contributed by atoms with Gasteiger partial charge in [0.1, 0.15) is 18.1 Å². The Morgan fingerprint density at radius 1 is 1.06 bits per heavy atom. The first-order valence-corrected chi connectivity index (χ1v) is 11.8. The van der Waals surface area contributed by atoms with Crippen LogP contribution in [0, 0.1) is 0 Å². The average molecular weight is 458 g/mol. The molecule has 0 bridgehead atoms. The van der Waals surface area contributed by atoms with Gasteiger partial charge in [-0.1, -0.05) is 0 Å². The zero-order valence-corrected chi connectivity index (χ0v) is 18.5. The number of thioether (sulfide) groups is 1. The molecular formula is C19H31N5O6S. The van der Waals surface area contributed by atoms with Crippen molar-refractivity contribution < 1.29 is 29.1 Å². The predicted molar refractivity (Wildman–Crippen MR) is 114 cm³/mol. The predicted octanol–water partition coefficient (Wildman–Crippen LogP) is -1.63. The Morgan fingerprint density at radius 2 is 1.68 bits per heavy atom. The fraction of sp³-hybridized carbons (Fsp3) is 0.737. The van der Waals surface area contributed by atoms with E-state index in [2.05, 4.69) is 10.6 Å². The van der Waals surface area contributed by atoms with Crippen LogP contribution in [0.15, 0.2) is 0 Å². The summed E-state index contributed by atoms with van der Waals surface area (Å²) in [6, 6.07) is -2.40. The minimum absolute atomic E-state index is 0.184. The fourth-order valence-electron chi connectivity index (χ4n) is 3.94. The number of rotatable bonds is 10. The van der Waals surface area contributed by atoms with Crippen molar-refractivity contribution in [3.63, 3.8) is 0 Å². The normalized spacial score (nSPS) is 21.6. The smallest absolute Gasteiger partial charge is 0.326 e. The molecule has 174 valence electrons. The van der Waals surface area contributed by atoms with Gasteiger partial charge in [-0.25, -0.2) is 4.79 Å². The molecule has 2 fully saturated rings. The van der Waals surface area contributed by atoms with E-state index >= 15 is 0 Å². The number of nitrogens with two attached hydrogens (primary N) is 1. The number of likely N-dealkylation sites (tertiary alicyclic amines) is 2. The molecule has 2 heterocycles. The van der Waals surface area contributed by atoms with Crippen LogP contribution in [-0.2, 0) is 24.0 Å². The monoisotopic (exact) mass is 457 g/mol. The number of amides is 4. The number of nitrogens with one attached hydrogen (secondary N) is 2. The highest BCUT2D eigenvalue weighted by atomic mass is 32.2. The Balaban J connectivity index is 1.95. The molecular weight excluding hydrogens is 426 g/mol. The fourth-order valence-corrected chi connectivity index (χ4v) is 4.41. The molecule has 0 aromatic carbocycles. The van der Waals surface area contributed by atoms with Crippen molar-refractivity contribution >= 4 is 41.4 Å². The Hall–Kier alpha value is -2.34. The van der Waals surface area contributed by atoms with Crippen LogP contribution in [0.5, 0.6) is 0 Å². The maximum Gasteiger partial charge on any atom is 0.326 e. The van der Waals surface area contributed by atoms with Crippen molar-refractivity contribution in [1.82, 2.24) is 20.4 Å². The first-order chi connectivity index (χ1) is 14.8. The summed E-state index contributed by atoms with van der Waals surface area (Å²) in [6.45, 7) is 0.265. The second-order valence-electron chi connectivity index (χ2n) is 7.59. The zero-order valence-electron chi connectivity index (χ0n) is 17.7. The summed E-state index contributed by atoms with van der Waals surface area (Å²) in [7, 11) is 0. The summed E-state index contributed by atoms with van der Waals surface area (Å²) in [4.78, 5) is 63.7. The Kier molecular flexibility index (Phi) is 9.56. The van der Waals surface area contributed by atoms with E-state index in [4.69, 9.17) is 5.73 Å². The second kappa shape index (κ2) is 11.9. The van der Waals surface area contributed by atoms with Crippen LogP contribution in [0.25, 0.3) is 0 Å². The molecule has 0 aromatic rings. The maximum atomic E-state index is 12.7. The summed E-state index contributed by atoms with van der Waals surface area (Å²) in [5.74, 6) is -2.17. The van der Waals surface area contributed by atoms with E-state index in [1.807, 2.05) is 6.26 Å². The number of nitrogens with zero attached hydrogens (tertiary/aromatic N) is 2. The molecule has 3 atom stereocenters. The molecule has 0 aliphatic carbocycles. The van der Waals surface area contributed by atoms with Crippen molar-refractivity contribution in [3.05, 3.63) is 0 Å². The molecule has 2 rings (SSSR count). The van der Waals surface area contributed by atoms with E-state index < -0.39 is 41.8 Å². The minimum Gasteiger partial charge on any atom is -0.480 e. The highest BCUT2D eigenvalue weighted by Gasteiger charge is 2.36. The minimum atomic E-state index is -1.06. The molecule has 2 aliphatic rings. The number of hydrogen-bond acceptors (Lipinski definition) is 7. The van der Waals surface area contributed by atoms with Gasteiger partial charge in [0.2, 0.25) is 23.6 Å². The molecule has 31 heavy (non-hydrogen) atoms. The summed E-state index contributed by atoms with van der Waals surface area (Å²) < 4.78 is 0. The second-order valence-corrected chi connectivity index (χ2v) is 8.58. The van der Waals surface area contributed by atoms with Crippen LogP contribution in [0.3, 0.4) is 0 Å². The third-order valence-electron chi connectivity index (χ3n) is 5.57. The van der Waals surface area contributed by atoms with Gasteiger partial charge in [-0.15, -0.1) is 0 Å². The summed E-state index contributed by atoms with van der Waals surface area (Å²) in [5, 5.41) is 14.4. The topological polar surface area (TPSA) is 162 Å². The SMILES string of the molecule is CSCC[C@H](NC(=O)[C@@H]1CCCN1C(=O)CN)C(=O)NCC(=O)N1CCC[C@H]1C(=O)O. The summed E-state index contributed by atoms with van der Waals surface area (Å²) >= 11 is 1.51. The highest BCUT2D eigenvalue weighted by molar-refractivity contribution is 7.98. The number of carboxylic acids is 1. The molecule has 12 heteroatoms. The Bertz CT molecular complexity index is 705. The van der Waals surface area contributed by atoms with Crippen LogP contribution in [-0.4, -0.2) is 101 Å². The lowest BCUT2D eigenvalue weighted by Gasteiger charge is -2.26. The van der Waals surface area contributed by atoms with E-state index in [-0.39, 0.29) is 19.0 Å². The van der Waals surface area contributed by atoms with Gasteiger partial charge in [0.05, 0.1) is 13.1 Å². The molecule has 0 saturated carbocycles. The van der Waals surface area contributed by atoms with Crippen LogP contribution in [0.4, 0.5) is 0 Å². The van der Waals surface area contributed by atoms with Gasteiger partial charge in [-0.05, 0) is 44.1 Å². The number of carbonyl (C=O) groups is 5. The van der Waals surface area contributed by atoms with E-state index in [9.17, 15) is 29.1 Å². The summed E-state index contributed by atoms with van der Waals surface area (Å²) in [5.41, 5.74) is 5.42. The largest absolute Gasteiger partial charge is 0.480 e. The maximum absolute atomic E-state index is 12.7. The number of carboxylic acid groups (broad SMARTS) is 1. The Labute approximate surface area is 185 Å². The van der Waals surface area contributed by atoms with Crippen molar-refractivity contribution in [2.45, 2.75) is 50.2 Å². The lowest BCUT2D eigenvalue weighted by atomic mass is 10.1. The van der Waals surface area contributed by atoms with Crippen molar-refractivity contribution in [3.8, 4) is 0 Å². The van der Waals surface area contributed by atoms with E-state index in [0.29, 0.717) is 50.9 Å². The van der Waals surface area contributed by atoms with Crippen molar-refractivity contribution in [2.75, 3.05) is 38.2 Å². The van der Waals surface area contributed by atoms with Gasteiger partial charge in [-0.2, -0.15) is 11.8 Å². The van der Waals surface area contributed by atoms with Gasteiger partial charge in [-0.3, -0.25) is 19.2 Å². The average Bonchev–Trinajstić information content (AvgIpc) is 3.43. The van der Waals surface area contributed by atoms with Gasteiger partial charge in [0.25, 0.3) is 0 Å². The van der Waals surface area contributed by atoms with Crippen molar-refractivity contribution in [1.29, 1.82) is 0 Å². The van der Waals surface area contributed by atoms with Crippen molar-refractivity contribution in [2.24, 2.45) is 5.73 Å². The lowest BCUT2D eigenvalue weighted by molar-refractivity contribution is -0.148. The van der Waals surface area contributed by atoms with Gasteiger partial charge in [0, 0.05) is 13.1 Å². The number of hydrogen-bond donors (Lipinski definition) is 4. The molecule has 0 unspecified atom stereocenters. The third kappa shape index (κ3) is 6.57. The molecule has 2 saturated heterocycles. The molecule has 11 nitrogen and oxygen atoms in total. The molecule has 2 aliphatic heterocycles. The zero-order chi connectivity index (χ0) is 23.0. The number of carbonyl (C=O) groups excluding carboxylic acids is 4. The van der Waals surface area contributed by atoms with Crippen LogP contribution < -0.4 is 16.4 Å². The van der Waals surface area contributed by atoms with Crippen LogP contribution in [0.1, 0.15) is 32.1 Å². The van der Waals surface area contributed by atoms with E-state index in [1.54, 1.807) is 0 Å². The van der Waals surface area contributed by atoms with Gasteiger partial charge >= 0.3 is 5.97 Å². The van der Waals surface area contributed by atoms with Gasteiger partial charge < -0.3 is 31.3 Å². The number of aliphatic carboxylic acids is 1.